The van der Waals surface area contributed by atoms with Crippen molar-refractivity contribution in [3.63, 3.8) is 0 Å². The summed E-state index contributed by atoms with van der Waals surface area (Å²) in [4.78, 5) is 24.3. The average Bonchev–Trinajstić information content (AvgIpc) is 3.00. The van der Waals surface area contributed by atoms with Crippen LogP contribution in [0.1, 0.15) is 85.0 Å². The summed E-state index contributed by atoms with van der Waals surface area (Å²) < 4.78 is 6.01. The highest BCUT2D eigenvalue weighted by Crippen LogP contribution is 2.63. The van der Waals surface area contributed by atoms with E-state index in [-0.39, 0.29) is 17.6 Å². The van der Waals surface area contributed by atoms with Crippen molar-refractivity contribution in [3.8, 4) is 0 Å². The molecule has 0 spiro atoms. The first-order valence-electron chi connectivity index (χ1n) is 12.1. The van der Waals surface area contributed by atoms with Crippen molar-refractivity contribution < 1.29 is 14.3 Å². The fraction of sp³-hybridized carbons (Fsp3) is 0.840. The number of carbonyl (C=O) groups is 2. The average molecular weight is 402 g/mol. The zero-order valence-corrected chi connectivity index (χ0v) is 18.5. The minimum atomic E-state index is -0.220. The van der Waals surface area contributed by atoms with Crippen LogP contribution in [0.2, 0.25) is 0 Å². The summed E-state index contributed by atoms with van der Waals surface area (Å²) in [7, 11) is 0. The molecule has 1 amide bonds. The highest BCUT2D eigenvalue weighted by atomic mass is 16.6. The van der Waals surface area contributed by atoms with E-state index in [9.17, 15) is 9.59 Å². The van der Waals surface area contributed by atoms with Crippen LogP contribution in [0.25, 0.3) is 0 Å². The molecule has 7 unspecified atom stereocenters. The van der Waals surface area contributed by atoms with Crippen molar-refractivity contribution in [3.05, 3.63) is 11.6 Å². The number of hydrogen-bond donors (Lipinski definition) is 1. The number of fused-ring (bicyclic) bond motifs is 5. The maximum atomic E-state index is 12.4. The van der Waals surface area contributed by atoms with Crippen LogP contribution in [0.3, 0.4) is 0 Å². The van der Waals surface area contributed by atoms with Crippen LogP contribution in [-0.4, -0.2) is 24.5 Å². The molecule has 0 aromatic rings. The maximum absolute atomic E-state index is 12.4. The van der Waals surface area contributed by atoms with Crippen LogP contribution in [-0.2, 0) is 9.53 Å². The predicted octanol–water partition coefficient (Wildman–Crippen LogP) is 5.66. The summed E-state index contributed by atoms with van der Waals surface area (Å²) in [6, 6.07) is 0. The van der Waals surface area contributed by atoms with Crippen LogP contribution in [0.15, 0.2) is 11.6 Å². The van der Waals surface area contributed by atoms with Crippen molar-refractivity contribution in [1.82, 2.24) is 5.32 Å². The molecule has 4 aliphatic rings. The molecule has 0 bridgehead atoms. The highest BCUT2D eigenvalue weighted by molar-refractivity contribution is 5.91. The molecule has 4 rings (SSSR count). The second-order valence-electron chi connectivity index (χ2n) is 10.5. The third-order valence-corrected chi connectivity index (χ3v) is 8.81. The normalized spacial score (nSPS) is 41.1. The number of allylic oxidation sites excluding steroid dienone is 1. The van der Waals surface area contributed by atoms with Gasteiger partial charge in [-0.05, 0) is 80.6 Å². The smallest absolute Gasteiger partial charge is 0.407 e. The number of unbranched alkanes of at least 4 members (excludes halogenated alkanes) is 2. The van der Waals surface area contributed by atoms with Gasteiger partial charge < -0.3 is 10.1 Å². The topological polar surface area (TPSA) is 55.4 Å². The standard InChI is InChI=1S/C25H39NO3/c1-4-5-6-13-26-24(28)29-22-12-11-21-20-9-7-17-14-18(27)8-10-19(17)23(20)16(2)15-25(21,22)3/h14,16,19-23H,4-13,15H2,1-3H3,(H,26,28). The van der Waals surface area contributed by atoms with E-state index in [0.717, 1.165) is 63.8 Å². The molecule has 29 heavy (non-hydrogen) atoms. The van der Waals surface area contributed by atoms with Gasteiger partial charge in [-0.25, -0.2) is 4.79 Å². The van der Waals surface area contributed by atoms with E-state index in [1.54, 1.807) is 0 Å². The zero-order chi connectivity index (χ0) is 20.6. The minimum absolute atomic E-state index is 0.0481. The van der Waals surface area contributed by atoms with E-state index in [4.69, 9.17) is 4.74 Å². The van der Waals surface area contributed by atoms with E-state index < -0.39 is 0 Å². The van der Waals surface area contributed by atoms with Gasteiger partial charge in [0, 0.05) is 18.4 Å². The first-order valence-corrected chi connectivity index (χ1v) is 12.1. The number of rotatable bonds is 5. The molecule has 1 N–H and O–H groups in total. The SMILES string of the molecule is CCCCCNC(=O)OC1CCC2C3CCC4=CC(=O)CCC4C3C(C)CC12C. The Morgan fingerprint density at radius 1 is 1.21 bits per heavy atom. The zero-order valence-electron chi connectivity index (χ0n) is 18.5. The number of ether oxygens (including phenoxy) is 1. The third kappa shape index (κ3) is 3.88. The number of ketones is 1. The van der Waals surface area contributed by atoms with Gasteiger partial charge in [0.15, 0.2) is 5.78 Å². The lowest BCUT2D eigenvalue weighted by Gasteiger charge is -2.56. The summed E-state index contributed by atoms with van der Waals surface area (Å²) >= 11 is 0. The molecule has 7 atom stereocenters. The quantitative estimate of drug-likeness (QED) is 0.605. The Morgan fingerprint density at radius 2 is 2.03 bits per heavy atom. The second-order valence-corrected chi connectivity index (χ2v) is 10.5. The molecular formula is C25H39NO3. The van der Waals surface area contributed by atoms with Crippen LogP contribution in [0, 0.1) is 35.0 Å². The fourth-order valence-corrected chi connectivity index (χ4v) is 7.65. The molecule has 0 aliphatic heterocycles. The lowest BCUT2D eigenvalue weighted by molar-refractivity contribution is -0.117. The predicted molar refractivity (Wildman–Crippen MR) is 114 cm³/mol. The summed E-state index contributed by atoms with van der Waals surface area (Å²) in [6.07, 6.45) is 12.6. The Kier molecular flexibility index (Phi) is 6.09. The minimum Gasteiger partial charge on any atom is -0.446 e. The first kappa shape index (κ1) is 20.9. The van der Waals surface area contributed by atoms with Gasteiger partial charge in [0.2, 0.25) is 0 Å². The van der Waals surface area contributed by atoms with Crippen molar-refractivity contribution in [2.75, 3.05) is 6.54 Å². The Morgan fingerprint density at radius 3 is 2.83 bits per heavy atom. The Hall–Kier alpha value is -1.32. The van der Waals surface area contributed by atoms with Gasteiger partial charge in [-0.1, -0.05) is 39.2 Å². The van der Waals surface area contributed by atoms with E-state index >= 15 is 0 Å². The molecular weight excluding hydrogens is 362 g/mol. The molecule has 4 nitrogen and oxygen atoms in total. The van der Waals surface area contributed by atoms with Gasteiger partial charge in [-0.3, -0.25) is 4.79 Å². The lowest BCUT2D eigenvalue weighted by Crippen LogP contribution is -2.52. The summed E-state index contributed by atoms with van der Waals surface area (Å²) in [5.41, 5.74) is 1.54. The number of alkyl carbamates (subject to hydrolysis) is 1. The molecule has 0 radical (unpaired) electrons. The lowest BCUT2D eigenvalue weighted by atomic mass is 9.49. The molecule has 0 aromatic heterocycles. The van der Waals surface area contributed by atoms with Crippen molar-refractivity contribution in [2.45, 2.75) is 91.1 Å². The number of carbonyl (C=O) groups excluding carboxylic acids is 2. The van der Waals surface area contributed by atoms with Crippen LogP contribution in [0.5, 0.6) is 0 Å². The number of nitrogens with one attached hydrogen (secondary N) is 1. The van der Waals surface area contributed by atoms with Gasteiger partial charge in [-0.2, -0.15) is 0 Å². The first-order chi connectivity index (χ1) is 13.9. The third-order valence-electron chi connectivity index (χ3n) is 8.81. The summed E-state index contributed by atoms with van der Waals surface area (Å²) in [5.74, 6) is 3.67. The molecule has 4 aliphatic carbocycles. The number of amides is 1. The van der Waals surface area contributed by atoms with E-state index in [0.29, 0.717) is 29.5 Å². The molecule has 0 heterocycles. The molecule has 0 saturated heterocycles. The van der Waals surface area contributed by atoms with Crippen molar-refractivity contribution in [2.24, 2.45) is 35.0 Å². The summed E-state index contributed by atoms with van der Waals surface area (Å²) in [6.45, 7) is 7.70. The van der Waals surface area contributed by atoms with Gasteiger partial charge in [0.25, 0.3) is 0 Å². The number of hydrogen-bond acceptors (Lipinski definition) is 3. The largest absolute Gasteiger partial charge is 0.446 e. The molecule has 3 saturated carbocycles. The molecule has 3 fully saturated rings. The summed E-state index contributed by atoms with van der Waals surface area (Å²) in [5, 5.41) is 2.97. The Balaban J connectivity index is 1.44. The van der Waals surface area contributed by atoms with Crippen molar-refractivity contribution >= 4 is 11.9 Å². The fourth-order valence-electron chi connectivity index (χ4n) is 7.65. The second kappa shape index (κ2) is 8.43. The van der Waals surface area contributed by atoms with Crippen LogP contribution in [0.4, 0.5) is 4.79 Å². The maximum Gasteiger partial charge on any atom is 0.407 e. The highest BCUT2D eigenvalue weighted by Gasteiger charge is 2.59. The monoisotopic (exact) mass is 401 g/mol. The van der Waals surface area contributed by atoms with Gasteiger partial charge in [0.05, 0.1) is 0 Å². The van der Waals surface area contributed by atoms with Crippen molar-refractivity contribution in [1.29, 1.82) is 0 Å². The molecule has 0 aromatic carbocycles. The van der Waals surface area contributed by atoms with Gasteiger partial charge >= 0.3 is 6.09 Å². The van der Waals surface area contributed by atoms with E-state index in [1.165, 1.54) is 18.4 Å². The van der Waals surface area contributed by atoms with Gasteiger partial charge in [-0.15, -0.1) is 0 Å². The molecule has 4 heteroatoms. The van der Waals surface area contributed by atoms with Crippen LogP contribution < -0.4 is 5.32 Å². The Labute approximate surface area is 176 Å². The van der Waals surface area contributed by atoms with Gasteiger partial charge in [0.1, 0.15) is 6.10 Å². The van der Waals surface area contributed by atoms with E-state index in [1.807, 2.05) is 6.08 Å². The molecule has 162 valence electrons. The van der Waals surface area contributed by atoms with E-state index in [2.05, 4.69) is 26.1 Å². The Bertz CT molecular complexity index is 671. The van der Waals surface area contributed by atoms with Crippen LogP contribution >= 0.6 is 0 Å².